The molecule has 0 spiro atoms. The van der Waals surface area contributed by atoms with Gasteiger partial charge >= 0.3 is 5.97 Å². The van der Waals surface area contributed by atoms with Gasteiger partial charge in [0.2, 0.25) is 5.91 Å². The third kappa shape index (κ3) is 5.10. The first-order chi connectivity index (χ1) is 13.0. The molecule has 1 aromatic carbocycles. The molecule has 0 saturated carbocycles. The second-order valence-corrected chi connectivity index (χ2v) is 6.93. The van der Waals surface area contributed by atoms with Gasteiger partial charge in [-0.05, 0) is 25.0 Å². The minimum absolute atomic E-state index is 0.0187. The molecule has 2 amide bonds. The minimum atomic E-state index is -0.536. The van der Waals surface area contributed by atoms with Crippen molar-refractivity contribution in [2.75, 3.05) is 34.9 Å². The predicted octanol–water partition coefficient (Wildman–Crippen LogP) is 1.79. The zero-order chi connectivity index (χ0) is 19.2. The van der Waals surface area contributed by atoms with E-state index in [1.165, 1.54) is 0 Å². The van der Waals surface area contributed by atoms with Crippen molar-refractivity contribution in [3.05, 3.63) is 41.7 Å². The molecule has 2 heterocycles. The predicted molar refractivity (Wildman–Crippen MR) is 101 cm³/mol. The van der Waals surface area contributed by atoms with E-state index in [0.29, 0.717) is 18.1 Å². The molecule has 142 valence electrons. The summed E-state index contributed by atoms with van der Waals surface area (Å²) in [6.07, 6.45) is 0.797. The van der Waals surface area contributed by atoms with E-state index in [-0.39, 0.29) is 29.9 Å². The molecule has 3 rings (SSSR count). The lowest BCUT2D eigenvalue weighted by Crippen LogP contribution is -2.33. The zero-order valence-electron chi connectivity index (χ0n) is 14.8. The average molecular weight is 389 g/mol. The number of nitrogens with zero attached hydrogens (tertiary/aromatic N) is 2. The fourth-order valence-corrected chi connectivity index (χ4v) is 3.30. The Morgan fingerprint density at radius 2 is 2.11 bits per heavy atom. The van der Waals surface area contributed by atoms with Crippen LogP contribution in [0.2, 0.25) is 0 Å². The Hall–Kier alpha value is -2.81. The third-order valence-corrected chi connectivity index (χ3v) is 4.80. The topological polar surface area (TPSA) is 102 Å². The van der Waals surface area contributed by atoms with Gasteiger partial charge in [-0.1, -0.05) is 23.4 Å². The highest BCUT2D eigenvalue weighted by Gasteiger charge is 2.24. The lowest BCUT2D eigenvalue weighted by Gasteiger charge is -2.17. The van der Waals surface area contributed by atoms with Gasteiger partial charge in [-0.3, -0.25) is 14.4 Å². The number of fused-ring (bicyclic) bond motifs is 1. The van der Waals surface area contributed by atoms with Crippen molar-refractivity contribution >= 4 is 41.1 Å². The molecule has 0 radical (unpaired) electrons. The normalized spacial score (nSPS) is 12.6. The molecule has 0 fully saturated rings. The fraction of sp³-hybridized carbons (Fsp3) is 0.333. The number of thioether (sulfide) groups is 1. The summed E-state index contributed by atoms with van der Waals surface area (Å²) in [6.45, 7) is 2.00. The van der Waals surface area contributed by atoms with E-state index in [1.807, 2.05) is 24.3 Å². The lowest BCUT2D eigenvalue weighted by molar-refractivity contribution is -0.145. The highest BCUT2D eigenvalue weighted by atomic mass is 32.2. The largest absolute Gasteiger partial charge is 0.455 e. The van der Waals surface area contributed by atoms with E-state index < -0.39 is 5.97 Å². The van der Waals surface area contributed by atoms with Gasteiger partial charge in [0.15, 0.2) is 12.4 Å². The summed E-state index contributed by atoms with van der Waals surface area (Å²) in [5.41, 5.74) is 1.98. The Morgan fingerprint density at radius 3 is 2.89 bits per heavy atom. The molecule has 27 heavy (non-hydrogen) atoms. The standard InChI is InChI=1S/C18H19N3O5S/c1-12-8-15(20-26-12)19-16(22)10-27-11-18(24)25-9-17(23)21-7-6-13-4-2-3-5-14(13)21/h2-5,8H,6-7,9-11H2,1H3,(H,19,20,22). The van der Waals surface area contributed by atoms with Gasteiger partial charge in [-0.25, -0.2) is 0 Å². The van der Waals surface area contributed by atoms with Gasteiger partial charge in [0.05, 0.1) is 11.5 Å². The molecular formula is C18H19N3O5S. The van der Waals surface area contributed by atoms with Crippen molar-refractivity contribution in [1.82, 2.24) is 5.16 Å². The van der Waals surface area contributed by atoms with Gasteiger partial charge in [0, 0.05) is 18.3 Å². The number of anilines is 2. The number of esters is 1. The van der Waals surface area contributed by atoms with Crippen LogP contribution in [0.25, 0.3) is 0 Å². The number of ether oxygens (including phenoxy) is 1. The smallest absolute Gasteiger partial charge is 0.316 e. The van der Waals surface area contributed by atoms with Crippen LogP contribution in [0.15, 0.2) is 34.9 Å². The zero-order valence-corrected chi connectivity index (χ0v) is 15.6. The molecule has 1 aromatic heterocycles. The number of rotatable bonds is 7. The highest BCUT2D eigenvalue weighted by Crippen LogP contribution is 2.27. The van der Waals surface area contributed by atoms with E-state index in [9.17, 15) is 14.4 Å². The van der Waals surface area contributed by atoms with Crippen LogP contribution in [0.5, 0.6) is 0 Å². The van der Waals surface area contributed by atoms with Crippen LogP contribution in [-0.4, -0.2) is 47.6 Å². The first kappa shape index (κ1) is 19.0. The van der Waals surface area contributed by atoms with Gasteiger partial charge in [0.25, 0.3) is 5.91 Å². The van der Waals surface area contributed by atoms with Crippen LogP contribution in [0, 0.1) is 6.92 Å². The molecule has 8 nitrogen and oxygen atoms in total. The second-order valence-electron chi connectivity index (χ2n) is 5.95. The second kappa shape index (κ2) is 8.72. The number of carbonyl (C=O) groups excluding carboxylic acids is 3. The van der Waals surface area contributed by atoms with E-state index in [1.54, 1.807) is 17.9 Å². The molecule has 0 aliphatic carbocycles. The summed E-state index contributed by atoms with van der Waals surface area (Å²) in [5, 5.41) is 6.21. The van der Waals surface area contributed by atoms with Crippen molar-refractivity contribution in [3.63, 3.8) is 0 Å². The van der Waals surface area contributed by atoms with Gasteiger partial charge < -0.3 is 19.5 Å². The number of nitrogens with one attached hydrogen (secondary N) is 1. The molecule has 0 unspecified atom stereocenters. The highest BCUT2D eigenvalue weighted by molar-refractivity contribution is 8.00. The van der Waals surface area contributed by atoms with Crippen LogP contribution in [-0.2, 0) is 25.5 Å². The quantitative estimate of drug-likeness (QED) is 0.720. The maximum Gasteiger partial charge on any atom is 0.316 e. The van der Waals surface area contributed by atoms with Gasteiger partial charge in [-0.15, -0.1) is 11.8 Å². The van der Waals surface area contributed by atoms with Crippen molar-refractivity contribution in [3.8, 4) is 0 Å². The molecule has 1 aliphatic heterocycles. The van der Waals surface area contributed by atoms with E-state index in [0.717, 1.165) is 29.4 Å². The maximum atomic E-state index is 12.3. The van der Waals surface area contributed by atoms with Crippen LogP contribution >= 0.6 is 11.8 Å². The SMILES string of the molecule is Cc1cc(NC(=O)CSCC(=O)OCC(=O)N2CCc3ccccc32)no1. The first-order valence-corrected chi connectivity index (χ1v) is 9.53. The molecule has 1 N–H and O–H groups in total. The molecule has 9 heteroatoms. The Balaban J connectivity index is 1.35. The number of carbonyl (C=O) groups is 3. The summed E-state index contributed by atoms with van der Waals surface area (Å²) >= 11 is 1.10. The van der Waals surface area contributed by atoms with E-state index in [2.05, 4.69) is 10.5 Å². The summed E-state index contributed by atoms with van der Waals surface area (Å²) < 4.78 is 9.87. The van der Waals surface area contributed by atoms with Crippen LogP contribution in [0.1, 0.15) is 11.3 Å². The Labute approximate surface area is 160 Å². The number of amides is 2. The Bertz CT molecular complexity index is 851. The van der Waals surface area contributed by atoms with Crippen LogP contribution < -0.4 is 10.2 Å². The Kier molecular flexibility index (Phi) is 6.12. The van der Waals surface area contributed by atoms with Crippen molar-refractivity contribution < 1.29 is 23.6 Å². The average Bonchev–Trinajstić information content (AvgIpc) is 3.25. The van der Waals surface area contributed by atoms with E-state index in [4.69, 9.17) is 9.26 Å². The first-order valence-electron chi connectivity index (χ1n) is 8.38. The van der Waals surface area contributed by atoms with Crippen molar-refractivity contribution in [2.24, 2.45) is 0 Å². The molecule has 0 saturated heterocycles. The molecule has 0 atom stereocenters. The molecule has 1 aliphatic rings. The van der Waals surface area contributed by atoms with Crippen LogP contribution in [0.4, 0.5) is 11.5 Å². The molecular weight excluding hydrogens is 370 g/mol. The molecule has 2 aromatic rings. The van der Waals surface area contributed by atoms with E-state index >= 15 is 0 Å². The molecule has 0 bridgehead atoms. The maximum absolute atomic E-state index is 12.3. The third-order valence-electron chi connectivity index (χ3n) is 3.89. The number of hydrogen-bond acceptors (Lipinski definition) is 7. The lowest BCUT2D eigenvalue weighted by atomic mass is 10.2. The number of hydrogen-bond donors (Lipinski definition) is 1. The summed E-state index contributed by atoms with van der Waals surface area (Å²) in [6, 6.07) is 9.27. The number of aromatic nitrogens is 1. The Morgan fingerprint density at radius 1 is 1.30 bits per heavy atom. The monoisotopic (exact) mass is 389 g/mol. The fourth-order valence-electron chi connectivity index (χ4n) is 2.69. The summed E-state index contributed by atoms with van der Waals surface area (Å²) in [4.78, 5) is 37.4. The minimum Gasteiger partial charge on any atom is -0.455 e. The van der Waals surface area contributed by atoms with Gasteiger partial charge in [0.1, 0.15) is 5.76 Å². The number of benzene rings is 1. The number of aryl methyl sites for hydroxylation is 1. The summed E-state index contributed by atoms with van der Waals surface area (Å²) in [7, 11) is 0. The van der Waals surface area contributed by atoms with Gasteiger partial charge in [-0.2, -0.15) is 0 Å². The summed E-state index contributed by atoms with van der Waals surface area (Å²) in [5.74, 6) is -0.123. The van der Waals surface area contributed by atoms with Crippen LogP contribution in [0.3, 0.4) is 0 Å². The number of para-hydroxylation sites is 1. The van der Waals surface area contributed by atoms with Crippen molar-refractivity contribution in [1.29, 1.82) is 0 Å². The van der Waals surface area contributed by atoms with Crippen molar-refractivity contribution in [2.45, 2.75) is 13.3 Å².